The van der Waals surface area contributed by atoms with Gasteiger partial charge in [0.25, 0.3) is 0 Å². The first kappa shape index (κ1) is 27.6. The summed E-state index contributed by atoms with van der Waals surface area (Å²) in [6.45, 7) is 6.89. The number of benzene rings is 6. The quantitative estimate of drug-likeness (QED) is 0.202. The van der Waals surface area contributed by atoms with Crippen LogP contribution in [-0.4, -0.2) is 15.0 Å². The molecule has 9 rings (SSSR count). The molecule has 224 valence electrons. The van der Waals surface area contributed by atoms with Crippen molar-refractivity contribution in [3.8, 4) is 56.4 Å². The summed E-state index contributed by atoms with van der Waals surface area (Å²) >= 11 is 0. The van der Waals surface area contributed by atoms with E-state index in [0.29, 0.717) is 17.5 Å². The van der Waals surface area contributed by atoms with E-state index in [-0.39, 0.29) is 5.41 Å². The van der Waals surface area contributed by atoms with Gasteiger partial charge in [-0.25, -0.2) is 15.0 Å². The third kappa shape index (κ3) is 4.03. The Morgan fingerprint density at radius 3 is 1.47 bits per heavy atom. The molecule has 0 bridgehead atoms. The molecule has 0 fully saturated rings. The Kier molecular flexibility index (Phi) is 5.98. The smallest absolute Gasteiger partial charge is 0.164 e. The van der Waals surface area contributed by atoms with Gasteiger partial charge < -0.3 is 0 Å². The van der Waals surface area contributed by atoms with Crippen LogP contribution >= 0.6 is 0 Å². The van der Waals surface area contributed by atoms with Crippen molar-refractivity contribution in [2.45, 2.75) is 31.6 Å². The van der Waals surface area contributed by atoms with Gasteiger partial charge in [0.1, 0.15) is 0 Å². The lowest BCUT2D eigenvalue weighted by atomic mass is 9.69. The van der Waals surface area contributed by atoms with Crippen LogP contribution in [0.2, 0.25) is 0 Å². The molecule has 0 saturated heterocycles. The molecule has 3 nitrogen and oxygen atoms in total. The van der Waals surface area contributed by atoms with Crippen molar-refractivity contribution in [1.82, 2.24) is 15.0 Å². The molecule has 0 unspecified atom stereocenters. The Balaban J connectivity index is 1.39. The Hall–Kier alpha value is -5.67. The number of aromatic nitrogens is 3. The number of fused-ring (bicyclic) bond motifs is 10. The molecule has 3 heteroatoms. The highest BCUT2D eigenvalue weighted by Gasteiger charge is 2.52. The van der Waals surface area contributed by atoms with E-state index in [2.05, 4.69) is 130 Å². The van der Waals surface area contributed by atoms with Crippen molar-refractivity contribution in [2.24, 2.45) is 0 Å². The van der Waals surface area contributed by atoms with Crippen LogP contribution in [0.15, 0.2) is 146 Å². The molecule has 0 saturated carbocycles. The third-order valence-corrected chi connectivity index (χ3v) is 9.92. The summed E-state index contributed by atoms with van der Waals surface area (Å²) in [6, 6.07) is 52.1. The maximum Gasteiger partial charge on any atom is 0.164 e. The van der Waals surface area contributed by atoms with Gasteiger partial charge in [-0.3, -0.25) is 0 Å². The molecule has 1 heterocycles. The Morgan fingerprint density at radius 1 is 0.404 bits per heavy atom. The van der Waals surface area contributed by atoms with Gasteiger partial charge in [-0.2, -0.15) is 0 Å². The van der Waals surface area contributed by atoms with Crippen LogP contribution < -0.4 is 0 Å². The molecule has 2 aliphatic rings. The summed E-state index contributed by atoms with van der Waals surface area (Å²) in [6.07, 6.45) is 0. The highest BCUT2D eigenvalue weighted by Crippen LogP contribution is 2.64. The first-order chi connectivity index (χ1) is 22.9. The molecular weight excluding hydrogens is 571 g/mol. The number of rotatable bonds is 3. The number of nitrogens with zero attached hydrogens (tertiary/aromatic N) is 3. The topological polar surface area (TPSA) is 38.7 Å². The highest BCUT2D eigenvalue weighted by atomic mass is 15.0. The third-order valence-electron chi connectivity index (χ3n) is 9.92. The van der Waals surface area contributed by atoms with Crippen LogP contribution in [0.3, 0.4) is 0 Å². The summed E-state index contributed by atoms with van der Waals surface area (Å²) in [4.78, 5) is 15.4. The monoisotopic (exact) mass is 603 g/mol. The van der Waals surface area contributed by atoms with Crippen molar-refractivity contribution in [2.75, 3.05) is 0 Å². The van der Waals surface area contributed by atoms with E-state index >= 15 is 0 Å². The molecule has 1 spiro atoms. The van der Waals surface area contributed by atoms with Crippen molar-refractivity contribution < 1.29 is 0 Å². The minimum Gasteiger partial charge on any atom is -0.208 e. The summed E-state index contributed by atoms with van der Waals surface area (Å²) in [7, 11) is 0. The zero-order valence-electron chi connectivity index (χ0n) is 26.7. The van der Waals surface area contributed by atoms with Crippen LogP contribution in [-0.2, 0) is 10.8 Å². The van der Waals surface area contributed by atoms with Gasteiger partial charge in [-0.15, -0.1) is 0 Å². The zero-order valence-corrected chi connectivity index (χ0v) is 26.7. The van der Waals surface area contributed by atoms with Crippen molar-refractivity contribution >= 4 is 0 Å². The van der Waals surface area contributed by atoms with Gasteiger partial charge in [0.2, 0.25) is 0 Å². The van der Waals surface area contributed by atoms with E-state index in [1.165, 1.54) is 50.1 Å². The summed E-state index contributed by atoms with van der Waals surface area (Å²) in [5.41, 5.74) is 14.1. The molecular formula is C44H33N3. The van der Waals surface area contributed by atoms with Crippen LogP contribution in [0.25, 0.3) is 56.4 Å². The van der Waals surface area contributed by atoms with E-state index in [9.17, 15) is 0 Å². The molecule has 2 aliphatic carbocycles. The van der Waals surface area contributed by atoms with Gasteiger partial charge in [0.15, 0.2) is 17.5 Å². The van der Waals surface area contributed by atoms with E-state index in [0.717, 1.165) is 16.7 Å². The van der Waals surface area contributed by atoms with Crippen LogP contribution in [0.4, 0.5) is 0 Å². The van der Waals surface area contributed by atoms with Gasteiger partial charge in [0.05, 0.1) is 5.41 Å². The maximum atomic E-state index is 5.19. The minimum absolute atomic E-state index is 0.00511. The molecule has 7 aromatic rings. The fraction of sp³-hybridized carbons (Fsp3) is 0.114. The fourth-order valence-corrected chi connectivity index (χ4v) is 7.77. The lowest BCUT2D eigenvalue weighted by Gasteiger charge is -2.31. The largest absolute Gasteiger partial charge is 0.208 e. The second kappa shape index (κ2) is 10.2. The van der Waals surface area contributed by atoms with Crippen LogP contribution in [0, 0.1) is 0 Å². The molecule has 0 N–H and O–H groups in total. The molecule has 6 aromatic carbocycles. The molecule has 0 amide bonds. The predicted molar refractivity (Wildman–Crippen MR) is 191 cm³/mol. The van der Waals surface area contributed by atoms with Crippen LogP contribution in [0.1, 0.15) is 48.6 Å². The van der Waals surface area contributed by atoms with Gasteiger partial charge in [0, 0.05) is 16.7 Å². The van der Waals surface area contributed by atoms with Crippen LogP contribution in [0.5, 0.6) is 0 Å². The van der Waals surface area contributed by atoms with E-state index in [4.69, 9.17) is 15.0 Å². The Bertz CT molecular complexity index is 2230. The zero-order chi connectivity index (χ0) is 31.8. The number of hydrogen-bond donors (Lipinski definition) is 0. The molecule has 47 heavy (non-hydrogen) atoms. The molecule has 0 atom stereocenters. The van der Waals surface area contributed by atoms with E-state index in [1.807, 2.05) is 36.4 Å². The average Bonchev–Trinajstić information content (AvgIpc) is 3.59. The second-order valence-electron chi connectivity index (χ2n) is 13.6. The first-order valence-electron chi connectivity index (χ1n) is 16.3. The lowest BCUT2D eigenvalue weighted by molar-refractivity contribution is 0.588. The second-order valence-corrected chi connectivity index (χ2v) is 13.6. The van der Waals surface area contributed by atoms with Gasteiger partial charge >= 0.3 is 0 Å². The molecule has 0 radical (unpaired) electrons. The molecule has 1 aromatic heterocycles. The van der Waals surface area contributed by atoms with Gasteiger partial charge in [-0.05, 0) is 55.5 Å². The minimum atomic E-state index is -0.452. The number of hydrogen-bond acceptors (Lipinski definition) is 3. The standard InChI is InChI=1S/C44H33N3/c1-43(2,3)30-25-26-33-38(27-30)44(35-22-12-10-19-31(35)32-20-11-13-23-36(32)44)37-24-14-21-34(39(33)37)42-46-40(28-15-6-4-7-16-28)45-41(47-42)29-17-8-5-9-18-29/h4-27H,1-3H3. The molecule has 0 aliphatic heterocycles. The first-order valence-corrected chi connectivity index (χ1v) is 16.3. The average molecular weight is 604 g/mol. The summed E-state index contributed by atoms with van der Waals surface area (Å²) < 4.78 is 0. The van der Waals surface area contributed by atoms with E-state index in [1.54, 1.807) is 0 Å². The summed E-state index contributed by atoms with van der Waals surface area (Å²) in [5.74, 6) is 2.01. The van der Waals surface area contributed by atoms with Gasteiger partial charge in [-0.1, -0.05) is 166 Å². The summed E-state index contributed by atoms with van der Waals surface area (Å²) in [5, 5.41) is 0. The Morgan fingerprint density at radius 2 is 0.894 bits per heavy atom. The fourth-order valence-electron chi connectivity index (χ4n) is 7.77. The SMILES string of the molecule is CC(C)(C)c1ccc2c(c1)C1(c3ccccc3-c3ccccc31)c1cccc(-c3nc(-c4ccccc4)nc(-c4ccccc4)n3)c1-2. The lowest BCUT2D eigenvalue weighted by Crippen LogP contribution is -2.26. The highest BCUT2D eigenvalue weighted by molar-refractivity contribution is 5.99. The van der Waals surface area contributed by atoms with E-state index < -0.39 is 5.41 Å². The van der Waals surface area contributed by atoms with Crippen molar-refractivity contribution in [1.29, 1.82) is 0 Å². The van der Waals surface area contributed by atoms with Crippen molar-refractivity contribution in [3.05, 3.63) is 173 Å². The normalized spacial score (nSPS) is 13.6. The Labute approximate surface area is 275 Å². The maximum absolute atomic E-state index is 5.19. The predicted octanol–water partition coefficient (Wildman–Crippen LogP) is 10.5. The van der Waals surface area contributed by atoms with Crippen molar-refractivity contribution in [3.63, 3.8) is 0 Å².